The van der Waals surface area contributed by atoms with Crippen LogP contribution in [0.25, 0.3) is 6.08 Å². The third-order valence-corrected chi connectivity index (χ3v) is 17.9. The third kappa shape index (κ3) is 10.2. The summed E-state index contributed by atoms with van der Waals surface area (Å²) in [6.45, 7) is 23.6. The smallest absolute Gasteiger partial charge is 0.250 e. The molecule has 0 N–H and O–H groups in total. The quantitative estimate of drug-likeness (QED) is 0.163. The van der Waals surface area contributed by atoms with Gasteiger partial charge in [0.05, 0.1) is 27.4 Å². The zero-order chi connectivity index (χ0) is 33.5. The minimum atomic E-state index is -2.01. The molecule has 3 rings (SSSR count). The van der Waals surface area contributed by atoms with E-state index in [9.17, 15) is 0 Å². The molecule has 0 heterocycles. The van der Waals surface area contributed by atoms with Crippen molar-refractivity contribution in [3.8, 4) is 23.0 Å². The largest absolute Gasteiger partial charge is 0.541 e. The second-order valence-corrected chi connectivity index (χ2v) is 24.4. The fourth-order valence-electron chi connectivity index (χ4n) is 4.29. The average Bonchev–Trinajstić information content (AvgIpc) is 2.96. The van der Waals surface area contributed by atoms with E-state index in [1.165, 1.54) is 5.56 Å². The molecule has 0 saturated heterocycles. The van der Waals surface area contributed by atoms with Crippen LogP contribution >= 0.6 is 0 Å². The zero-order valence-corrected chi connectivity index (χ0v) is 31.7. The van der Waals surface area contributed by atoms with Crippen molar-refractivity contribution in [2.45, 2.75) is 90.8 Å². The molecule has 1 atom stereocenters. The van der Waals surface area contributed by atoms with Gasteiger partial charge in [0.25, 0.3) is 16.6 Å². The lowest BCUT2D eigenvalue weighted by Gasteiger charge is -2.36. The van der Waals surface area contributed by atoms with E-state index in [0.717, 1.165) is 40.5 Å². The Balaban J connectivity index is 1.84. The molecular weight excluding hydrogens is 593 g/mol. The van der Waals surface area contributed by atoms with Crippen LogP contribution in [0.3, 0.4) is 0 Å². The number of hydrogen-bond acceptors (Lipinski definition) is 5. The number of methoxy groups -OCH3 is 2. The lowest BCUT2D eigenvalue weighted by atomic mass is 9.98. The van der Waals surface area contributed by atoms with Crippen molar-refractivity contribution < 1.29 is 23.1 Å². The van der Waals surface area contributed by atoms with E-state index in [0.29, 0.717) is 13.2 Å². The van der Waals surface area contributed by atoms with E-state index in [1.54, 1.807) is 14.2 Å². The molecule has 0 spiro atoms. The van der Waals surface area contributed by atoms with Crippen LogP contribution in [-0.4, -0.2) is 37.5 Å². The van der Waals surface area contributed by atoms with Gasteiger partial charge in [-0.15, -0.1) is 0 Å². The molecule has 0 amide bonds. The van der Waals surface area contributed by atoms with Crippen molar-refractivity contribution in [2.75, 3.05) is 20.8 Å². The van der Waals surface area contributed by atoms with Crippen LogP contribution in [0.15, 0.2) is 72.8 Å². The summed E-state index contributed by atoms with van der Waals surface area (Å²) in [6.07, 6.45) is 5.19. The molecule has 5 nitrogen and oxygen atoms in total. The van der Waals surface area contributed by atoms with E-state index in [2.05, 4.69) is 122 Å². The van der Waals surface area contributed by atoms with Crippen LogP contribution < -0.4 is 18.3 Å². The molecule has 0 aliphatic carbocycles. The lowest BCUT2D eigenvalue weighted by Crippen LogP contribution is -2.43. The molecule has 0 bridgehead atoms. The summed E-state index contributed by atoms with van der Waals surface area (Å²) < 4.78 is 31.0. The van der Waals surface area contributed by atoms with E-state index in [4.69, 9.17) is 23.1 Å². The van der Waals surface area contributed by atoms with Crippen LogP contribution in [0.1, 0.15) is 58.2 Å². The molecule has 0 aromatic heterocycles. The van der Waals surface area contributed by atoms with Crippen molar-refractivity contribution >= 4 is 22.7 Å². The van der Waals surface area contributed by atoms with Gasteiger partial charge in [0.1, 0.15) is 11.5 Å². The molecule has 0 saturated carbocycles. The fourth-order valence-corrected chi connectivity index (χ4v) is 6.34. The van der Waals surface area contributed by atoms with Gasteiger partial charge in [-0.1, -0.05) is 96.2 Å². The normalized spacial score (nSPS) is 13.5. The van der Waals surface area contributed by atoms with E-state index < -0.39 is 16.6 Å². The summed E-state index contributed by atoms with van der Waals surface area (Å²) in [4.78, 5) is 0. The lowest BCUT2D eigenvalue weighted by molar-refractivity contribution is 0.0997. The number of ether oxygens (including phenoxy) is 3. The Labute approximate surface area is 275 Å². The van der Waals surface area contributed by atoms with Gasteiger partial charge >= 0.3 is 0 Å². The van der Waals surface area contributed by atoms with Crippen LogP contribution in [-0.2, 0) is 17.8 Å². The van der Waals surface area contributed by atoms with Gasteiger partial charge in [-0.05, 0) is 83.6 Å². The highest BCUT2D eigenvalue weighted by Crippen LogP contribution is 2.41. The first-order valence-corrected chi connectivity index (χ1v) is 21.8. The molecule has 0 aliphatic rings. The molecule has 3 aromatic carbocycles. The summed E-state index contributed by atoms with van der Waals surface area (Å²) in [5, 5.41) is 0.196. The first kappa shape index (κ1) is 36.5. The Morgan fingerprint density at radius 3 is 1.71 bits per heavy atom. The minimum Gasteiger partial charge on any atom is -0.541 e. The van der Waals surface area contributed by atoms with Crippen molar-refractivity contribution in [1.82, 2.24) is 0 Å². The van der Waals surface area contributed by atoms with Gasteiger partial charge in [-0.3, -0.25) is 0 Å². The summed E-state index contributed by atoms with van der Waals surface area (Å²) in [5.41, 5.74) is 3.39. The predicted molar refractivity (Wildman–Crippen MR) is 194 cm³/mol. The zero-order valence-electron chi connectivity index (χ0n) is 29.7. The predicted octanol–water partition coefficient (Wildman–Crippen LogP) is 10.6. The molecule has 246 valence electrons. The number of rotatable bonds is 14. The molecule has 0 unspecified atom stereocenters. The molecule has 45 heavy (non-hydrogen) atoms. The summed E-state index contributed by atoms with van der Waals surface area (Å²) in [5.74, 6) is 3.27. The van der Waals surface area contributed by atoms with E-state index in [-0.39, 0.29) is 16.0 Å². The van der Waals surface area contributed by atoms with E-state index >= 15 is 0 Å². The molecule has 0 aliphatic heterocycles. The highest BCUT2D eigenvalue weighted by molar-refractivity contribution is 6.75. The third-order valence-electron chi connectivity index (χ3n) is 9.26. The Bertz CT molecular complexity index is 1400. The van der Waals surface area contributed by atoms with Crippen LogP contribution in [0.4, 0.5) is 0 Å². The fraction of sp³-hybridized carbons (Fsp3) is 0.474. The Morgan fingerprint density at radius 1 is 0.644 bits per heavy atom. The topological polar surface area (TPSA) is 46.2 Å². The van der Waals surface area contributed by atoms with Crippen LogP contribution in [0.5, 0.6) is 23.0 Å². The second kappa shape index (κ2) is 15.1. The Kier molecular flexibility index (Phi) is 12.2. The van der Waals surface area contributed by atoms with E-state index in [1.807, 2.05) is 24.3 Å². The molecule has 7 heteroatoms. The number of hydrogen-bond donors (Lipinski definition) is 0. The molecule has 3 aromatic rings. The van der Waals surface area contributed by atoms with Gasteiger partial charge in [0.2, 0.25) is 0 Å². The minimum absolute atomic E-state index is 0.0976. The maximum Gasteiger partial charge on any atom is 0.250 e. The van der Waals surface area contributed by atoms with Gasteiger partial charge in [0.15, 0.2) is 11.5 Å². The molecule has 0 radical (unpaired) electrons. The first-order chi connectivity index (χ1) is 21.0. The Morgan fingerprint density at radius 2 is 1.18 bits per heavy atom. The van der Waals surface area contributed by atoms with Crippen molar-refractivity contribution in [3.05, 3.63) is 89.5 Å². The van der Waals surface area contributed by atoms with Gasteiger partial charge in [0, 0.05) is 5.92 Å². The Hall–Kier alpha value is -3.01. The standard InChI is InChI=1S/C38H56O5Si2/c1-37(2,3)44(9,10)42-33-22-20-29(25-35(33)39-7)18-19-32(28-41-27-30-16-14-13-15-17-30)24-31-21-23-34(36(26-31)40-8)43-45(11,12)38(4,5)6/h13-23,25-26,32H,24,27-28H2,1-12H3/b19-18+/t32-/m1/s1. The monoisotopic (exact) mass is 648 g/mol. The maximum atomic E-state index is 6.60. The van der Waals surface area contributed by atoms with Gasteiger partial charge in [-0.2, -0.15) is 0 Å². The average molecular weight is 649 g/mol. The first-order valence-electron chi connectivity index (χ1n) is 16.0. The SMILES string of the molecule is COc1cc(/C=C/[C@@H](COCc2ccccc2)Cc2ccc(O[Si](C)(C)C(C)(C)C)c(OC)c2)ccc1O[Si](C)(C)C(C)(C)C. The highest BCUT2D eigenvalue weighted by Gasteiger charge is 2.40. The summed E-state index contributed by atoms with van der Waals surface area (Å²) >= 11 is 0. The van der Waals surface area contributed by atoms with Crippen LogP contribution in [0, 0.1) is 5.92 Å². The second-order valence-electron chi connectivity index (χ2n) is 14.9. The highest BCUT2D eigenvalue weighted by atomic mass is 28.4. The molecule has 0 fully saturated rings. The van der Waals surface area contributed by atoms with Gasteiger partial charge < -0.3 is 23.1 Å². The van der Waals surface area contributed by atoms with Gasteiger partial charge in [-0.25, -0.2) is 0 Å². The van der Waals surface area contributed by atoms with Crippen LogP contribution in [0.2, 0.25) is 36.3 Å². The number of benzene rings is 3. The molecular formula is C38H56O5Si2. The maximum absolute atomic E-state index is 6.60. The van der Waals surface area contributed by atoms with Crippen molar-refractivity contribution in [3.63, 3.8) is 0 Å². The van der Waals surface area contributed by atoms with Crippen molar-refractivity contribution in [2.24, 2.45) is 5.92 Å². The van der Waals surface area contributed by atoms with Crippen molar-refractivity contribution in [1.29, 1.82) is 0 Å². The summed E-state index contributed by atoms with van der Waals surface area (Å²) in [7, 11) is -0.592. The summed E-state index contributed by atoms with van der Waals surface area (Å²) in [6, 6.07) is 22.8.